The average molecular weight is 385 g/mol. The predicted molar refractivity (Wildman–Crippen MR) is 111 cm³/mol. The van der Waals surface area contributed by atoms with E-state index in [4.69, 9.17) is 11.2 Å². The second kappa shape index (κ2) is 11.4. The number of terminal acetylenes is 1. The minimum Gasteiger partial charge on any atom is -0.496 e. The standard InChI is InChI=1S/C23H32N2O3/c1-4-6-16-24-22(26)21(18-12-8-7-9-13-18)25(17-5-2)23(27)19-14-10-11-15-20(19)28-3/h2,10-11,14-15,18,21H,4,6-9,12-13,16-17H2,1,3H3,(H,24,26). The zero-order chi connectivity index (χ0) is 20.4. The largest absolute Gasteiger partial charge is 0.496 e. The molecule has 1 fully saturated rings. The fourth-order valence-electron chi connectivity index (χ4n) is 3.92. The van der Waals surface area contributed by atoms with Crippen LogP contribution in [0.5, 0.6) is 5.75 Å². The Balaban J connectivity index is 2.34. The lowest BCUT2D eigenvalue weighted by Crippen LogP contribution is -2.54. The van der Waals surface area contributed by atoms with Crippen molar-refractivity contribution in [3.8, 4) is 18.1 Å². The number of methoxy groups -OCH3 is 1. The van der Waals surface area contributed by atoms with Gasteiger partial charge in [-0.3, -0.25) is 9.59 Å². The Kier molecular flexibility index (Phi) is 8.87. The molecule has 5 heteroatoms. The van der Waals surface area contributed by atoms with Crippen LogP contribution in [0, 0.1) is 18.3 Å². The van der Waals surface area contributed by atoms with Crippen LogP contribution in [0.25, 0.3) is 0 Å². The molecule has 1 aliphatic carbocycles. The fourth-order valence-corrected chi connectivity index (χ4v) is 3.92. The monoisotopic (exact) mass is 384 g/mol. The van der Waals surface area contributed by atoms with E-state index in [1.54, 1.807) is 23.1 Å². The van der Waals surface area contributed by atoms with Crippen molar-refractivity contribution >= 4 is 11.8 Å². The number of nitrogens with one attached hydrogen (secondary N) is 1. The highest BCUT2D eigenvalue weighted by atomic mass is 16.5. The van der Waals surface area contributed by atoms with Gasteiger partial charge in [-0.15, -0.1) is 6.42 Å². The zero-order valence-corrected chi connectivity index (χ0v) is 17.1. The van der Waals surface area contributed by atoms with Gasteiger partial charge in [0.1, 0.15) is 11.8 Å². The number of carbonyl (C=O) groups excluding carboxylic acids is 2. The van der Waals surface area contributed by atoms with E-state index in [9.17, 15) is 9.59 Å². The Bertz CT molecular complexity index is 689. The van der Waals surface area contributed by atoms with Crippen LogP contribution < -0.4 is 10.1 Å². The zero-order valence-electron chi connectivity index (χ0n) is 17.1. The molecule has 0 aromatic heterocycles. The number of carbonyl (C=O) groups is 2. The molecule has 0 aliphatic heterocycles. The first kappa shape index (κ1) is 21.8. The van der Waals surface area contributed by atoms with E-state index in [-0.39, 0.29) is 24.3 Å². The average Bonchev–Trinajstić information content (AvgIpc) is 2.74. The normalized spacial score (nSPS) is 15.3. The number of hydrogen-bond donors (Lipinski definition) is 1. The predicted octanol–water partition coefficient (Wildman–Crippen LogP) is 3.64. The molecule has 2 amide bonds. The van der Waals surface area contributed by atoms with E-state index < -0.39 is 6.04 Å². The maximum atomic E-state index is 13.4. The van der Waals surface area contributed by atoms with E-state index in [1.165, 1.54) is 13.5 Å². The van der Waals surface area contributed by atoms with Crippen LogP contribution in [0.3, 0.4) is 0 Å². The van der Waals surface area contributed by atoms with Crippen LogP contribution in [0.15, 0.2) is 24.3 Å². The van der Waals surface area contributed by atoms with E-state index in [2.05, 4.69) is 18.2 Å². The summed E-state index contributed by atoms with van der Waals surface area (Å²) in [5, 5.41) is 3.02. The van der Waals surface area contributed by atoms with Gasteiger partial charge in [-0.1, -0.05) is 50.7 Å². The number of rotatable bonds is 9. The van der Waals surface area contributed by atoms with Crippen LogP contribution in [0.2, 0.25) is 0 Å². The molecular formula is C23H32N2O3. The molecule has 0 spiro atoms. The van der Waals surface area contributed by atoms with Crippen LogP contribution in [-0.4, -0.2) is 43.0 Å². The lowest BCUT2D eigenvalue weighted by atomic mass is 9.82. The number of ether oxygens (including phenoxy) is 1. The summed E-state index contributed by atoms with van der Waals surface area (Å²) in [6.45, 7) is 2.80. The molecule has 0 radical (unpaired) electrons. The molecule has 1 aliphatic rings. The van der Waals surface area contributed by atoms with Crippen molar-refractivity contribution in [1.29, 1.82) is 0 Å². The number of unbranched alkanes of at least 4 members (excludes halogenated alkanes) is 1. The highest BCUT2D eigenvalue weighted by Crippen LogP contribution is 2.31. The third kappa shape index (κ3) is 5.51. The molecule has 0 saturated heterocycles. The van der Waals surface area contributed by atoms with Gasteiger partial charge >= 0.3 is 0 Å². The first-order valence-corrected chi connectivity index (χ1v) is 10.3. The molecule has 2 rings (SSSR count). The maximum Gasteiger partial charge on any atom is 0.259 e. The molecule has 5 nitrogen and oxygen atoms in total. The van der Waals surface area contributed by atoms with Gasteiger partial charge in [0.25, 0.3) is 5.91 Å². The summed E-state index contributed by atoms with van der Waals surface area (Å²) in [5.74, 6) is 2.85. The Hall–Kier alpha value is -2.48. The molecule has 1 saturated carbocycles. The lowest BCUT2D eigenvalue weighted by molar-refractivity contribution is -0.127. The third-order valence-corrected chi connectivity index (χ3v) is 5.39. The molecule has 28 heavy (non-hydrogen) atoms. The number of hydrogen-bond acceptors (Lipinski definition) is 3. The molecular weight excluding hydrogens is 352 g/mol. The van der Waals surface area contributed by atoms with Crippen molar-refractivity contribution < 1.29 is 14.3 Å². The van der Waals surface area contributed by atoms with Gasteiger partial charge in [0.2, 0.25) is 5.91 Å². The van der Waals surface area contributed by atoms with Gasteiger partial charge in [0, 0.05) is 6.54 Å². The molecule has 1 N–H and O–H groups in total. The second-order valence-corrected chi connectivity index (χ2v) is 7.32. The minimum absolute atomic E-state index is 0.0965. The summed E-state index contributed by atoms with van der Waals surface area (Å²) in [7, 11) is 1.54. The van der Waals surface area contributed by atoms with Crippen molar-refractivity contribution in [1.82, 2.24) is 10.2 Å². The first-order chi connectivity index (χ1) is 13.6. The van der Waals surface area contributed by atoms with Crippen molar-refractivity contribution in [2.24, 2.45) is 5.92 Å². The van der Waals surface area contributed by atoms with Gasteiger partial charge < -0.3 is 15.0 Å². The first-order valence-electron chi connectivity index (χ1n) is 10.3. The van der Waals surface area contributed by atoms with Crippen LogP contribution in [0.4, 0.5) is 0 Å². The minimum atomic E-state index is -0.550. The highest BCUT2D eigenvalue weighted by molar-refractivity contribution is 6.00. The summed E-state index contributed by atoms with van der Waals surface area (Å²) >= 11 is 0. The van der Waals surface area contributed by atoms with Gasteiger partial charge in [-0.25, -0.2) is 0 Å². The third-order valence-electron chi connectivity index (χ3n) is 5.39. The summed E-state index contributed by atoms with van der Waals surface area (Å²) < 4.78 is 5.36. The van der Waals surface area contributed by atoms with Crippen molar-refractivity contribution in [2.75, 3.05) is 20.2 Å². The maximum absolute atomic E-state index is 13.4. The molecule has 0 bridgehead atoms. The molecule has 1 atom stereocenters. The molecule has 1 aromatic rings. The highest BCUT2D eigenvalue weighted by Gasteiger charge is 2.37. The summed E-state index contributed by atoms with van der Waals surface area (Å²) in [6, 6.07) is 6.53. The molecule has 152 valence electrons. The van der Waals surface area contributed by atoms with Gasteiger partial charge in [0.05, 0.1) is 19.2 Å². The Morgan fingerprint density at radius 2 is 2.00 bits per heavy atom. The van der Waals surface area contributed by atoms with Crippen molar-refractivity contribution in [2.45, 2.75) is 57.9 Å². The quantitative estimate of drug-likeness (QED) is 0.522. The number of para-hydroxylation sites is 1. The van der Waals surface area contributed by atoms with Crippen LogP contribution >= 0.6 is 0 Å². The van der Waals surface area contributed by atoms with Crippen molar-refractivity contribution in [3.05, 3.63) is 29.8 Å². The number of benzene rings is 1. The fraction of sp³-hybridized carbons (Fsp3) is 0.565. The summed E-state index contributed by atoms with van der Waals surface area (Å²) in [6.07, 6.45) is 12.7. The Morgan fingerprint density at radius 3 is 2.64 bits per heavy atom. The van der Waals surface area contributed by atoms with Crippen LogP contribution in [0.1, 0.15) is 62.2 Å². The Morgan fingerprint density at radius 1 is 1.29 bits per heavy atom. The summed E-state index contributed by atoms with van der Waals surface area (Å²) in [4.78, 5) is 28.1. The van der Waals surface area contributed by atoms with E-state index in [0.717, 1.165) is 38.5 Å². The van der Waals surface area contributed by atoms with Crippen LogP contribution in [-0.2, 0) is 4.79 Å². The Labute approximate surface area is 168 Å². The molecule has 0 heterocycles. The van der Waals surface area contributed by atoms with E-state index in [0.29, 0.717) is 17.9 Å². The van der Waals surface area contributed by atoms with E-state index >= 15 is 0 Å². The number of amides is 2. The molecule has 1 unspecified atom stereocenters. The second-order valence-electron chi connectivity index (χ2n) is 7.32. The smallest absolute Gasteiger partial charge is 0.259 e. The van der Waals surface area contributed by atoms with Crippen molar-refractivity contribution in [3.63, 3.8) is 0 Å². The van der Waals surface area contributed by atoms with Gasteiger partial charge in [-0.05, 0) is 37.3 Å². The summed E-state index contributed by atoms with van der Waals surface area (Å²) in [5.41, 5.74) is 0.433. The van der Waals surface area contributed by atoms with Gasteiger partial charge in [-0.2, -0.15) is 0 Å². The molecule has 1 aromatic carbocycles. The SMILES string of the molecule is C#CCN(C(=O)c1ccccc1OC)C(C(=O)NCCCC)C1CCCCC1. The lowest BCUT2D eigenvalue weighted by Gasteiger charge is -2.37. The van der Waals surface area contributed by atoms with E-state index in [1.807, 2.05) is 6.07 Å². The van der Waals surface area contributed by atoms with Gasteiger partial charge in [0.15, 0.2) is 0 Å². The topological polar surface area (TPSA) is 58.6 Å². The number of nitrogens with zero attached hydrogens (tertiary/aromatic N) is 1.